The van der Waals surface area contributed by atoms with Crippen molar-refractivity contribution in [3.8, 4) is 0 Å². The molecule has 2 aromatic heterocycles. The minimum Gasteiger partial charge on any atom is -0.306 e. The molecule has 1 aromatic carbocycles. The van der Waals surface area contributed by atoms with Crippen LogP contribution in [-0.4, -0.2) is 30.4 Å². The smallest absolute Gasteiger partial charge is 0.306 e. The molecule has 0 atom stereocenters. The lowest BCUT2D eigenvalue weighted by molar-refractivity contribution is -0.386. The SMILES string of the molecule is Cc1c([N+](=O)[O-])c(C(F)F)nn1CC(=O)Nc1nn(Cc2ccc(Cl)c(Cl)c2)cc1Cl. The van der Waals surface area contributed by atoms with Crippen molar-refractivity contribution in [3.63, 3.8) is 0 Å². The Morgan fingerprint density at radius 2 is 1.94 bits per heavy atom. The van der Waals surface area contributed by atoms with Gasteiger partial charge < -0.3 is 5.32 Å². The number of halogens is 5. The quantitative estimate of drug-likeness (QED) is 0.373. The lowest BCUT2D eigenvalue weighted by Crippen LogP contribution is -2.21. The summed E-state index contributed by atoms with van der Waals surface area (Å²) in [6, 6.07) is 5.04. The third-order valence-corrected chi connectivity index (χ3v) is 5.20. The largest absolute Gasteiger partial charge is 0.319 e. The second-order valence-electron chi connectivity index (χ2n) is 6.35. The molecular weight excluding hydrogens is 481 g/mol. The van der Waals surface area contributed by atoms with E-state index in [1.807, 2.05) is 0 Å². The van der Waals surface area contributed by atoms with E-state index >= 15 is 0 Å². The van der Waals surface area contributed by atoms with E-state index in [1.54, 1.807) is 18.2 Å². The molecule has 9 nitrogen and oxygen atoms in total. The van der Waals surface area contributed by atoms with E-state index in [1.165, 1.54) is 17.8 Å². The highest BCUT2D eigenvalue weighted by Crippen LogP contribution is 2.31. The summed E-state index contributed by atoms with van der Waals surface area (Å²) in [7, 11) is 0. The molecule has 0 unspecified atom stereocenters. The van der Waals surface area contributed by atoms with Gasteiger partial charge in [0.25, 0.3) is 6.43 Å². The summed E-state index contributed by atoms with van der Waals surface area (Å²) in [5, 5.41) is 22.0. The lowest BCUT2D eigenvalue weighted by Gasteiger charge is -2.05. The minimum atomic E-state index is -3.16. The maximum absolute atomic E-state index is 13.0. The molecule has 0 aliphatic rings. The zero-order valence-corrected chi connectivity index (χ0v) is 17.9. The molecule has 0 saturated heterocycles. The van der Waals surface area contributed by atoms with Gasteiger partial charge in [0.1, 0.15) is 17.3 Å². The van der Waals surface area contributed by atoms with Crippen molar-refractivity contribution in [3.05, 3.63) is 66.5 Å². The molecule has 164 valence electrons. The Bertz CT molecular complexity index is 1160. The van der Waals surface area contributed by atoms with Crippen LogP contribution in [0, 0.1) is 17.0 Å². The molecule has 0 saturated carbocycles. The zero-order valence-electron chi connectivity index (χ0n) is 15.7. The van der Waals surface area contributed by atoms with Gasteiger partial charge in [-0.1, -0.05) is 40.9 Å². The van der Waals surface area contributed by atoms with Gasteiger partial charge >= 0.3 is 5.69 Å². The number of hydrogen-bond donors (Lipinski definition) is 1. The predicted octanol–water partition coefficient (Wildman–Crippen LogP) is 4.88. The summed E-state index contributed by atoms with van der Waals surface area (Å²) in [5.41, 5.74) is -1.22. The standard InChI is InChI=1S/C17H13Cl3F2N6O3/c1-8-15(28(30)31)14(16(21)22)24-27(8)7-13(29)23-17-12(20)6-26(25-17)5-9-2-3-10(18)11(19)4-9/h2-4,6,16H,5,7H2,1H3,(H,23,25,29). The normalized spacial score (nSPS) is 11.2. The van der Waals surface area contributed by atoms with Crippen molar-refractivity contribution < 1.29 is 18.5 Å². The van der Waals surface area contributed by atoms with E-state index in [4.69, 9.17) is 34.8 Å². The number of hydrogen-bond acceptors (Lipinski definition) is 5. The molecule has 1 N–H and O–H groups in total. The maximum Gasteiger partial charge on any atom is 0.319 e. The molecule has 14 heteroatoms. The third kappa shape index (κ3) is 5.12. The number of nitro groups is 1. The number of carbonyl (C=O) groups excluding carboxylic acids is 1. The fourth-order valence-corrected chi connectivity index (χ4v) is 3.30. The average molecular weight is 494 g/mol. The van der Waals surface area contributed by atoms with Crippen LogP contribution >= 0.6 is 34.8 Å². The van der Waals surface area contributed by atoms with Gasteiger partial charge in [-0.05, 0) is 24.6 Å². The topological polar surface area (TPSA) is 108 Å². The highest BCUT2D eigenvalue weighted by molar-refractivity contribution is 6.42. The number of carbonyl (C=O) groups is 1. The Hall–Kier alpha value is -2.76. The molecule has 31 heavy (non-hydrogen) atoms. The van der Waals surface area contributed by atoms with Crippen LogP contribution in [0.15, 0.2) is 24.4 Å². The fourth-order valence-electron chi connectivity index (χ4n) is 2.78. The number of nitrogens with one attached hydrogen (secondary N) is 1. The van der Waals surface area contributed by atoms with E-state index in [-0.39, 0.29) is 23.1 Å². The summed E-state index contributed by atoms with van der Waals surface area (Å²) in [6.07, 6.45) is -1.69. The van der Waals surface area contributed by atoms with Crippen LogP contribution in [0.25, 0.3) is 0 Å². The van der Waals surface area contributed by atoms with E-state index in [9.17, 15) is 23.7 Å². The summed E-state index contributed by atoms with van der Waals surface area (Å²) in [5.74, 6) is -0.678. The van der Waals surface area contributed by atoms with E-state index in [0.29, 0.717) is 10.0 Å². The van der Waals surface area contributed by atoms with Crippen molar-refractivity contribution in [2.45, 2.75) is 26.4 Å². The van der Waals surface area contributed by atoms with Crippen LogP contribution in [0.5, 0.6) is 0 Å². The van der Waals surface area contributed by atoms with Crippen molar-refractivity contribution in [2.75, 3.05) is 5.32 Å². The molecule has 0 aliphatic heterocycles. The second kappa shape index (κ2) is 9.16. The Morgan fingerprint density at radius 3 is 2.52 bits per heavy atom. The van der Waals surface area contributed by atoms with Crippen molar-refractivity contribution in [1.29, 1.82) is 0 Å². The van der Waals surface area contributed by atoms with Gasteiger partial charge in [0, 0.05) is 6.20 Å². The number of anilines is 1. The highest BCUT2D eigenvalue weighted by Gasteiger charge is 2.31. The molecule has 0 fully saturated rings. The van der Waals surface area contributed by atoms with E-state index in [2.05, 4.69) is 15.5 Å². The second-order valence-corrected chi connectivity index (χ2v) is 7.58. The first-order valence-corrected chi connectivity index (χ1v) is 9.66. The molecular formula is C17H13Cl3F2N6O3. The van der Waals surface area contributed by atoms with Gasteiger partial charge in [-0.15, -0.1) is 0 Å². The van der Waals surface area contributed by atoms with Gasteiger partial charge in [-0.2, -0.15) is 10.2 Å². The summed E-state index contributed by atoms with van der Waals surface area (Å²) in [6.45, 7) is 0.966. The maximum atomic E-state index is 13.0. The number of nitrogens with zero attached hydrogens (tertiary/aromatic N) is 5. The Kier molecular flexibility index (Phi) is 6.77. The zero-order chi connectivity index (χ0) is 22.9. The van der Waals surface area contributed by atoms with Gasteiger partial charge in [-0.25, -0.2) is 8.78 Å². The average Bonchev–Trinajstić information content (AvgIpc) is 3.18. The van der Waals surface area contributed by atoms with Crippen LogP contribution in [0.1, 0.15) is 23.4 Å². The number of aromatic nitrogens is 4. The number of alkyl halides is 2. The predicted molar refractivity (Wildman–Crippen MR) is 110 cm³/mol. The van der Waals surface area contributed by atoms with Crippen molar-refractivity contribution in [1.82, 2.24) is 19.6 Å². The van der Waals surface area contributed by atoms with Gasteiger partial charge in [0.05, 0.1) is 21.5 Å². The van der Waals surface area contributed by atoms with Gasteiger partial charge in [0.2, 0.25) is 11.6 Å². The molecule has 0 spiro atoms. The van der Waals surface area contributed by atoms with Crippen LogP contribution in [0.2, 0.25) is 15.1 Å². The fraction of sp³-hybridized carbons (Fsp3) is 0.235. The molecule has 0 radical (unpaired) electrons. The number of benzene rings is 1. The van der Waals surface area contributed by atoms with Crippen molar-refractivity contribution >= 4 is 52.2 Å². The Balaban J connectivity index is 1.73. The monoisotopic (exact) mass is 492 g/mol. The van der Waals surface area contributed by atoms with Crippen LogP contribution in [0.4, 0.5) is 20.3 Å². The minimum absolute atomic E-state index is 0.0279. The summed E-state index contributed by atoms with van der Waals surface area (Å²) in [4.78, 5) is 22.4. The van der Waals surface area contributed by atoms with E-state index < -0.39 is 35.2 Å². The first-order chi connectivity index (χ1) is 14.6. The molecule has 3 rings (SSSR count). The van der Waals surface area contributed by atoms with Gasteiger partial charge in [-0.3, -0.25) is 24.3 Å². The number of amides is 1. The first kappa shape index (κ1) is 22.9. The van der Waals surface area contributed by atoms with Crippen LogP contribution in [-0.2, 0) is 17.9 Å². The van der Waals surface area contributed by atoms with Crippen LogP contribution < -0.4 is 5.32 Å². The third-order valence-electron chi connectivity index (χ3n) is 4.19. The summed E-state index contributed by atoms with van der Waals surface area (Å²) < 4.78 is 28.3. The van der Waals surface area contributed by atoms with Gasteiger partial charge in [0.15, 0.2) is 5.82 Å². The summed E-state index contributed by atoms with van der Waals surface area (Å²) >= 11 is 18.0. The molecule has 2 heterocycles. The van der Waals surface area contributed by atoms with Crippen molar-refractivity contribution in [2.24, 2.45) is 0 Å². The molecule has 0 aliphatic carbocycles. The first-order valence-electron chi connectivity index (χ1n) is 8.53. The molecule has 3 aromatic rings. The molecule has 0 bridgehead atoms. The lowest BCUT2D eigenvalue weighted by atomic mass is 10.2. The Morgan fingerprint density at radius 1 is 1.23 bits per heavy atom. The highest BCUT2D eigenvalue weighted by atomic mass is 35.5. The number of rotatable bonds is 7. The molecule has 1 amide bonds. The van der Waals surface area contributed by atoms with Crippen LogP contribution in [0.3, 0.4) is 0 Å². The Labute approximate surface area is 188 Å². The van der Waals surface area contributed by atoms with E-state index in [0.717, 1.165) is 10.2 Å².